The van der Waals surface area contributed by atoms with Crippen molar-refractivity contribution in [1.82, 2.24) is 9.62 Å². The number of hydrogen-bond acceptors (Lipinski definition) is 4. The van der Waals surface area contributed by atoms with Crippen molar-refractivity contribution < 1.29 is 13.2 Å². The van der Waals surface area contributed by atoms with E-state index in [1.54, 1.807) is 0 Å². The van der Waals surface area contributed by atoms with E-state index in [4.69, 9.17) is 0 Å². The van der Waals surface area contributed by atoms with Gasteiger partial charge in [-0.2, -0.15) is 0 Å². The molecule has 0 aromatic heterocycles. The monoisotopic (exact) mass is 360 g/mol. The van der Waals surface area contributed by atoms with E-state index in [9.17, 15) is 13.2 Å². The topological polar surface area (TPSA) is 66.5 Å². The maximum absolute atomic E-state index is 12.4. The van der Waals surface area contributed by atoms with Gasteiger partial charge in [-0.15, -0.1) is 0 Å². The van der Waals surface area contributed by atoms with Gasteiger partial charge in [-0.1, -0.05) is 43.3 Å². The molecule has 0 heterocycles. The first-order valence-corrected chi connectivity index (χ1v) is 9.67. The standard InChI is InChI=1S/C19H24N2O3S/c1-4-21(3)14-17-7-5-6-16(12-17)13-20-25(23,24)19-10-8-18(9-11-19)15(2)22/h5-12,20H,4,13-14H2,1-3H3. The van der Waals surface area contributed by atoms with Crippen LogP contribution in [0.25, 0.3) is 0 Å². The Bertz CT molecular complexity index is 830. The lowest BCUT2D eigenvalue weighted by atomic mass is 10.1. The lowest BCUT2D eigenvalue weighted by Crippen LogP contribution is -2.23. The summed E-state index contributed by atoms with van der Waals surface area (Å²) in [6.07, 6.45) is 0. The van der Waals surface area contributed by atoms with E-state index in [1.807, 2.05) is 31.3 Å². The number of carbonyl (C=O) groups excluding carboxylic acids is 1. The van der Waals surface area contributed by atoms with Crippen LogP contribution >= 0.6 is 0 Å². The van der Waals surface area contributed by atoms with Crippen LogP contribution in [0.4, 0.5) is 0 Å². The van der Waals surface area contributed by atoms with Crippen molar-refractivity contribution in [3.8, 4) is 0 Å². The molecule has 0 aliphatic carbocycles. The second kappa shape index (κ2) is 8.38. The van der Waals surface area contributed by atoms with E-state index in [-0.39, 0.29) is 17.2 Å². The molecule has 0 saturated carbocycles. The molecular formula is C19H24N2O3S. The number of nitrogens with zero attached hydrogens (tertiary/aromatic N) is 1. The molecule has 0 bridgehead atoms. The number of benzene rings is 2. The number of carbonyl (C=O) groups is 1. The summed E-state index contributed by atoms with van der Waals surface area (Å²) in [5, 5.41) is 0. The Morgan fingerprint density at radius 1 is 1.08 bits per heavy atom. The molecular weight excluding hydrogens is 336 g/mol. The summed E-state index contributed by atoms with van der Waals surface area (Å²) in [4.78, 5) is 13.6. The largest absolute Gasteiger partial charge is 0.302 e. The summed E-state index contributed by atoms with van der Waals surface area (Å²) >= 11 is 0. The fourth-order valence-corrected chi connectivity index (χ4v) is 3.41. The summed E-state index contributed by atoms with van der Waals surface area (Å²) < 4.78 is 27.4. The van der Waals surface area contributed by atoms with Gasteiger partial charge in [0, 0.05) is 18.7 Å². The third-order valence-corrected chi connectivity index (χ3v) is 5.44. The predicted molar refractivity (Wildman–Crippen MR) is 98.9 cm³/mol. The summed E-state index contributed by atoms with van der Waals surface area (Å²) in [5.74, 6) is -0.0919. The maximum atomic E-state index is 12.4. The molecule has 0 fully saturated rings. The Morgan fingerprint density at radius 3 is 2.32 bits per heavy atom. The van der Waals surface area contributed by atoms with Crippen LogP contribution in [0.3, 0.4) is 0 Å². The molecule has 0 radical (unpaired) electrons. The lowest BCUT2D eigenvalue weighted by Gasteiger charge is -2.14. The van der Waals surface area contributed by atoms with E-state index in [0.29, 0.717) is 5.56 Å². The Labute approximate surface area is 149 Å². The molecule has 6 heteroatoms. The second-order valence-electron chi connectivity index (χ2n) is 6.06. The zero-order valence-electron chi connectivity index (χ0n) is 14.8. The van der Waals surface area contributed by atoms with Crippen LogP contribution in [0.1, 0.15) is 35.3 Å². The summed E-state index contributed by atoms with van der Waals surface area (Å²) in [5.41, 5.74) is 2.55. The van der Waals surface area contributed by atoms with Crippen molar-refractivity contribution in [2.75, 3.05) is 13.6 Å². The van der Waals surface area contributed by atoms with Gasteiger partial charge in [0.25, 0.3) is 0 Å². The SMILES string of the molecule is CCN(C)Cc1cccc(CNS(=O)(=O)c2ccc(C(C)=O)cc2)c1. The summed E-state index contributed by atoms with van der Waals surface area (Å²) in [6.45, 7) is 5.54. The number of ketones is 1. The van der Waals surface area contributed by atoms with Gasteiger partial charge in [0.2, 0.25) is 10.0 Å². The Morgan fingerprint density at radius 2 is 1.72 bits per heavy atom. The quantitative estimate of drug-likeness (QED) is 0.735. The Hall–Kier alpha value is -2.02. The molecule has 0 aliphatic heterocycles. The molecule has 2 aromatic carbocycles. The van der Waals surface area contributed by atoms with E-state index in [0.717, 1.165) is 24.2 Å². The third-order valence-electron chi connectivity index (χ3n) is 4.02. The molecule has 0 aliphatic rings. The van der Waals surface area contributed by atoms with Crippen molar-refractivity contribution in [3.63, 3.8) is 0 Å². The minimum absolute atomic E-state index is 0.0919. The lowest BCUT2D eigenvalue weighted by molar-refractivity contribution is 0.101. The highest BCUT2D eigenvalue weighted by Gasteiger charge is 2.14. The third kappa shape index (κ3) is 5.49. The zero-order chi connectivity index (χ0) is 18.4. The fourth-order valence-electron chi connectivity index (χ4n) is 2.39. The number of Topliss-reactive ketones (excluding diaryl/α,β-unsaturated/α-hetero) is 1. The highest BCUT2D eigenvalue weighted by atomic mass is 32.2. The zero-order valence-corrected chi connectivity index (χ0v) is 15.6. The van der Waals surface area contributed by atoms with Crippen LogP contribution in [0, 0.1) is 0 Å². The first-order valence-electron chi connectivity index (χ1n) is 8.19. The van der Waals surface area contributed by atoms with Gasteiger partial charge < -0.3 is 4.90 Å². The van der Waals surface area contributed by atoms with Gasteiger partial charge in [-0.3, -0.25) is 4.79 Å². The van der Waals surface area contributed by atoms with Gasteiger partial charge in [-0.05, 0) is 43.8 Å². The fraction of sp³-hybridized carbons (Fsp3) is 0.316. The normalized spacial score (nSPS) is 11.7. The molecule has 25 heavy (non-hydrogen) atoms. The van der Waals surface area contributed by atoms with Crippen LogP contribution < -0.4 is 4.72 Å². The molecule has 1 N–H and O–H groups in total. The van der Waals surface area contributed by atoms with Crippen molar-refractivity contribution in [3.05, 3.63) is 65.2 Å². The number of nitrogens with one attached hydrogen (secondary N) is 1. The molecule has 134 valence electrons. The average Bonchev–Trinajstić information content (AvgIpc) is 2.60. The minimum atomic E-state index is -3.61. The van der Waals surface area contributed by atoms with E-state index in [1.165, 1.54) is 31.2 Å². The van der Waals surface area contributed by atoms with Gasteiger partial charge in [0.15, 0.2) is 5.78 Å². The average molecular weight is 360 g/mol. The highest BCUT2D eigenvalue weighted by molar-refractivity contribution is 7.89. The van der Waals surface area contributed by atoms with Crippen molar-refractivity contribution >= 4 is 15.8 Å². The Kier molecular flexibility index (Phi) is 6.47. The molecule has 0 amide bonds. The van der Waals surface area contributed by atoms with E-state index < -0.39 is 10.0 Å². The van der Waals surface area contributed by atoms with Crippen molar-refractivity contribution in [2.45, 2.75) is 31.8 Å². The van der Waals surface area contributed by atoms with Gasteiger partial charge in [0.05, 0.1) is 4.90 Å². The predicted octanol–water partition coefficient (Wildman–Crippen LogP) is 2.82. The number of hydrogen-bond donors (Lipinski definition) is 1. The molecule has 0 atom stereocenters. The molecule has 2 rings (SSSR count). The van der Waals surface area contributed by atoms with Crippen molar-refractivity contribution in [1.29, 1.82) is 0 Å². The molecule has 0 saturated heterocycles. The molecule has 2 aromatic rings. The smallest absolute Gasteiger partial charge is 0.240 e. The van der Waals surface area contributed by atoms with Crippen LogP contribution in [-0.4, -0.2) is 32.7 Å². The van der Waals surface area contributed by atoms with Gasteiger partial charge in [0.1, 0.15) is 0 Å². The Balaban J connectivity index is 2.06. The van der Waals surface area contributed by atoms with E-state index in [2.05, 4.69) is 16.5 Å². The first kappa shape index (κ1) is 19.3. The van der Waals surface area contributed by atoms with E-state index >= 15 is 0 Å². The second-order valence-corrected chi connectivity index (χ2v) is 7.82. The number of rotatable bonds is 8. The maximum Gasteiger partial charge on any atom is 0.240 e. The minimum Gasteiger partial charge on any atom is -0.302 e. The van der Waals surface area contributed by atoms with Gasteiger partial charge >= 0.3 is 0 Å². The highest BCUT2D eigenvalue weighted by Crippen LogP contribution is 2.13. The van der Waals surface area contributed by atoms with Crippen molar-refractivity contribution in [2.24, 2.45) is 0 Å². The van der Waals surface area contributed by atoms with Crippen LogP contribution in [0.2, 0.25) is 0 Å². The van der Waals surface area contributed by atoms with Crippen LogP contribution in [-0.2, 0) is 23.1 Å². The summed E-state index contributed by atoms with van der Waals surface area (Å²) in [7, 11) is -1.57. The summed E-state index contributed by atoms with van der Waals surface area (Å²) in [6, 6.07) is 13.8. The van der Waals surface area contributed by atoms with Crippen LogP contribution in [0.15, 0.2) is 53.4 Å². The molecule has 5 nitrogen and oxygen atoms in total. The molecule has 0 spiro atoms. The molecule has 0 unspecified atom stereocenters. The first-order chi connectivity index (χ1) is 11.8. The van der Waals surface area contributed by atoms with Crippen LogP contribution in [0.5, 0.6) is 0 Å². The number of sulfonamides is 1. The van der Waals surface area contributed by atoms with Gasteiger partial charge in [-0.25, -0.2) is 13.1 Å².